The van der Waals surface area contributed by atoms with Crippen LogP contribution in [0.15, 0.2) is 23.1 Å². The summed E-state index contributed by atoms with van der Waals surface area (Å²) in [6.45, 7) is 6.22. The first-order chi connectivity index (χ1) is 14.3. The summed E-state index contributed by atoms with van der Waals surface area (Å²) in [7, 11) is -2.54. The molecule has 1 rings (SSSR count). The maximum atomic E-state index is 13.4. The summed E-state index contributed by atoms with van der Waals surface area (Å²) >= 11 is 0. The Hall–Kier alpha value is -2.35. The largest absolute Gasteiger partial charge is 0.444 e. The Bertz CT molecular complexity index is 858. The number of sulfonamides is 1. The van der Waals surface area contributed by atoms with Crippen LogP contribution >= 0.6 is 0 Å². The molecule has 1 aromatic carbocycles. The summed E-state index contributed by atoms with van der Waals surface area (Å²) in [6.07, 6.45) is -0.455. The van der Waals surface area contributed by atoms with Gasteiger partial charge in [0.2, 0.25) is 10.0 Å². The van der Waals surface area contributed by atoms with Crippen LogP contribution in [-0.2, 0) is 24.2 Å². The molecule has 0 aromatic heterocycles. The zero-order valence-corrected chi connectivity index (χ0v) is 18.7. The first-order valence-corrected chi connectivity index (χ1v) is 10.8. The van der Waals surface area contributed by atoms with Gasteiger partial charge in [-0.2, -0.15) is 0 Å². The van der Waals surface area contributed by atoms with Gasteiger partial charge in [-0.15, -0.1) is 0 Å². The van der Waals surface area contributed by atoms with Gasteiger partial charge in [-0.3, -0.25) is 10.1 Å². The van der Waals surface area contributed by atoms with Gasteiger partial charge in [-0.25, -0.2) is 22.3 Å². The maximum absolute atomic E-state index is 13.4. The number of non-ortho nitro benzene ring substituents is 1. The Morgan fingerprint density at radius 3 is 2.35 bits per heavy atom. The standard InChI is InChI=1S/C18H28FN3O8S/c1-18(2,3)30-17(23)21(4)6-8-29-10-9-28-7-5-20-31(26,27)16-12-14(19)11-15(13-16)22(24)25/h11-13,20H,5-10H2,1-4H3. The van der Waals surface area contributed by atoms with Gasteiger partial charge in [0.05, 0.1) is 42.3 Å². The van der Waals surface area contributed by atoms with Crippen molar-refractivity contribution >= 4 is 21.8 Å². The van der Waals surface area contributed by atoms with Crippen molar-refractivity contribution in [1.82, 2.24) is 9.62 Å². The lowest BCUT2D eigenvalue weighted by atomic mass is 10.2. The highest BCUT2D eigenvalue weighted by Crippen LogP contribution is 2.19. The third kappa shape index (κ3) is 10.5. The number of nitro groups is 1. The fourth-order valence-corrected chi connectivity index (χ4v) is 3.16. The van der Waals surface area contributed by atoms with Gasteiger partial charge in [0.15, 0.2) is 0 Å². The average molecular weight is 466 g/mol. The summed E-state index contributed by atoms with van der Waals surface area (Å²) < 4.78 is 55.6. The predicted molar refractivity (Wildman–Crippen MR) is 109 cm³/mol. The predicted octanol–water partition coefficient (Wildman–Crippen LogP) is 1.91. The molecule has 0 saturated carbocycles. The molecule has 1 amide bonds. The SMILES string of the molecule is CN(CCOCCOCCNS(=O)(=O)c1cc(F)cc([N+](=O)[O-])c1)C(=O)OC(C)(C)C. The van der Waals surface area contributed by atoms with Crippen molar-refractivity contribution < 1.29 is 36.7 Å². The third-order valence-electron chi connectivity index (χ3n) is 3.56. The van der Waals surface area contributed by atoms with E-state index in [0.29, 0.717) is 18.7 Å². The van der Waals surface area contributed by atoms with E-state index in [1.54, 1.807) is 27.8 Å². The van der Waals surface area contributed by atoms with Crippen molar-refractivity contribution in [2.75, 3.05) is 46.6 Å². The van der Waals surface area contributed by atoms with E-state index in [1.807, 2.05) is 0 Å². The molecule has 0 spiro atoms. The van der Waals surface area contributed by atoms with Gasteiger partial charge in [0.25, 0.3) is 5.69 Å². The van der Waals surface area contributed by atoms with Crippen LogP contribution in [0.3, 0.4) is 0 Å². The van der Waals surface area contributed by atoms with E-state index in [4.69, 9.17) is 14.2 Å². The Kier molecular flexibility index (Phi) is 10.2. The molecular formula is C18H28FN3O8S. The Labute approximate surface area is 180 Å². The van der Waals surface area contributed by atoms with Crippen molar-refractivity contribution in [3.05, 3.63) is 34.1 Å². The topological polar surface area (TPSA) is 137 Å². The Balaban J connectivity index is 2.24. The van der Waals surface area contributed by atoms with E-state index in [-0.39, 0.29) is 33.0 Å². The number of likely N-dealkylation sites (N-methyl/N-ethyl adjacent to an activating group) is 1. The van der Waals surface area contributed by atoms with E-state index in [0.717, 1.165) is 6.07 Å². The molecule has 1 aromatic rings. The molecular weight excluding hydrogens is 437 g/mol. The van der Waals surface area contributed by atoms with Gasteiger partial charge in [0, 0.05) is 26.2 Å². The second-order valence-corrected chi connectivity index (χ2v) is 9.19. The van der Waals surface area contributed by atoms with Crippen LogP contribution in [-0.4, -0.2) is 76.5 Å². The molecule has 0 aliphatic carbocycles. The number of hydrogen-bond acceptors (Lipinski definition) is 8. The van der Waals surface area contributed by atoms with E-state index in [2.05, 4.69) is 4.72 Å². The van der Waals surface area contributed by atoms with Crippen LogP contribution in [0, 0.1) is 15.9 Å². The van der Waals surface area contributed by atoms with Crippen molar-refractivity contribution in [2.45, 2.75) is 31.3 Å². The highest BCUT2D eigenvalue weighted by molar-refractivity contribution is 7.89. The van der Waals surface area contributed by atoms with Crippen LogP contribution in [0.1, 0.15) is 20.8 Å². The minimum atomic E-state index is -4.13. The van der Waals surface area contributed by atoms with Crippen molar-refractivity contribution in [3.63, 3.8) is 0 Å². The number of benzene rings is 1. The summed E-state index contributed by atoms with van der Waals surface area (Å²) in [5.74, 6) is -1.03. The fourth-order valence-electron chi connectivity index (χ4n) is 2.09. The average Bonchev–Trinajstić information content (AvgIpc) is 2.64. The number of carbonyl (C=O) groups excluding carboxylic acids is 1. The molecule has 1 N–H and O–H groups in total. The van der Waals surface area contributed by atoms with E-state index >= 15 is 0 Å². The lowest BCUT2D eigenvalue weighted by molar-refractivity contribution is -0.385. The first-order valence-electron chi connectivity index (χ1n) is 9.36. The lowest BCUT2D eigenvalue weighted by Crippen LogP contribution is -2.36. The second kappa shape index (κ2) is 11.9. The van der Waals surface area contributed by atoms with Crippen LogP contribution in [0.25, 0.3) is 0 Å². The molecule has 0 aliphatic rings. The summed E-state index contributed by atoms with van der Waals surface area (Å²) in [4.78, 5) is 22.5. The van der Waals surface area contributed by atoms with Crippen LogP contribution in [0.2, 0.25) is 0 Å². The third-order valence-corrected chi connectivity index (χ3v) is 5.00. The monoisotopic (exact) mass is 465 g/mol. The van der Waals surface area contributed by atoms with Crippen molar-refractivity contribution in [3.8, 4) is 0 Å². The molecule has 0 fully saturated rings. The number of halogens is 1. The molecule has 11 nitrogen and oxygen atoms in total. The highest BCUT2D eigenvalue weighted by Gasteiger charge is 2.20. The van der Waals surface area contributed by atoms with Gasteiger partial charge < -0.3 is 19.1 Å². The molecule has 0 radical (unpaired) electrons. The number of nitrogens with one attached hydrogen (secondary N) is 1. The Morgan fingerprint density at radius 1 is 1.16 bits per heavy atom. The summed E-state index contributed by atoms with van der Waals surface area (Å²) in [6, 6.07) is 2.10. The van der Waals surface area contributed by atoms with Gasteiger partial charge in [-0.05, 0) is 26.8 Å². The molecule has 31 heavy (non-hydrogen) atoms. The van der Waals surface area contributed by atoms with Crippen LogP contribution < -0.4 is 4.72 Å². The molecule has 0 heterocycles. The molecule has 0 aliphatic heterocycles. The number of carbonyl (C=O) groups is 1. The normalized spacial score (nSPS) is 11.9. The smallest absolute Gasteiger partial charge is 0.410 e. The first kappa shape index (κ1) is 26.7. The minimum absolute atomic E-state index is 0.0117. The summed E-state index contributed by atoms with van der Waals surface area (Å²) in [5, 5.41) is 10.7. The maximum Gasteiger partial charge on any atom is 0.410 e. The van der Waals surface area contributed by atoms with E-state index < -0.39 is 43.0 Å². The van der Waals surface area contributed by atoms with Crippen LogP contribution in [0.5, 0.6) is 0 Å². The molecule has 13 heteroatoms. The molecule has 0 atom stereocenters. The fraction of sp³-hybridized carbons (Fsp3) is 0.611. The lowest BCUT2D eigenvalue weighted by Gasteiger charge is -2.24. The zero-order chi connectivity index (χ0) is 23.7. The quantitative estimate of drug-likeness (QED) is 0.281. The number of nitrogens with zero attached hydrogens (tertiary/aromatic N) is 2. The summed E-state index contributed by atoms with van der Waals surface area (Å²) in [5.41, 5.74) is -1.24. The molecule has 0 unspecified atom stereocenters. The van der Waals surface area contributed by atoms with E-state index in [1.165, 1.54) is 4.90 Å². The highest BCUT2D eigenvalue weighted by atomic mass is 32.2. The minimum Gasteiger partial charge on any atom is -0.444 e. The Morgan fingerprint density at radius 2 is 1.77 bits per heavy atom. The number of hydrogen-bond donors (Lipinski definition) is 1. The zero-order valence-electron chi connectivity index (χ0n) is 17.9. The number of rotatable bonds is 12. The van der Waals surface area contributed by atoms with Gasteiger partial charge in [0.1, 0.15) is 11.4 Å². The molecule has 0 bridgehead atoms. The molecule has 0 saturated heterocycles. The van der Waals surface area contributed by atoms with Crippen molar-refractivity contribution in [1.29, 1.82) is 0 Å². The number of amides is 1. The number of ether oxygens (including phenoxy) is 3. The molecule has 176 valence electrons. The number of nitro benzene ring substituents is 1. The van der Waals surface area contributed by atoms with Crippen LogP contribution in [0.4, 0.5) is 14.9 Å². The van der Waals surface area contributed by atoms with E-state index in [9.17, 15) is 27.7 Å². The van der Waals surface area contributed by atoms with Gasteiger partial charge >= 0.3 is 6.09 Å². The van der Waals surface area contributed by atoms with Crippen molar-refractivity contribution in [2.24, 2.45) is 0 Å². The van der Waals surface area contributed by atoms with Gasteiger partial charge in [-0.1, -0.05) is 0 Å². The second-order valence-electron chi connectivity index (χ2n) is 7.43.